The van der Waals surface area contributed by atoms with Crippen LogP contribution in [0.5, 0.6) is 5.75 Å². The molecule has 0 atom stereocenters. The molecule has 1 saturated carbocycles. The van der Waals surface area contributed by atoms with Crippen molar-refractivity contribution < 1.29 is 10.2 Å². The Morgan fingerprint density at radius 3 is 2.13 bits per heavy atom. The molecule has 0 spiro atoms. The number of rotatable bonds is 3. The zero-order valence-electron chi connectivity index (χ0n) is 9.38. The van der Waals surface area contributed by atoms with Gasteiger partial charge >= 0.3 is 0 Å². The van der Waals surface area contributed by atoms with E-state index in [9.17, 15) is 10.2 Å². The number of phenols is 1. The molecule has 2 heteroatoms. The third-order valence-corrected chi connectivity index (χ3v) is 3.42. The van der Waals surface area contributed by atoms with Gasteiger partial charge in [0.25, 0.3) is 0 Å². The minimum atomic E-state index is 0.149. The van der Waals surface area contributed by atoms with Gasteiger partial charge in [0.05, 0.1) is 0 Å². The smallest absolute Gasteiger partial charge is 0.121 e. The van der Waals surface area contributed by atoms with Crippen LogP contribution in [0.3, 0.4) is 0 Å². The van der Waals surface area contributed by atoms with Gasteiger partial charge in [0.1, 0.15) is 5.75 Å². The Kier molecular flexibility index (Phi) is 2.47. The Labute approximate surface area is 90.6 Å². The van der Waals surface area contributed by atoms with Crippen molar-refractivity contribution in [2.45, 2.75) is 33.1 Å². The van der Waals surface area contributed by atoms with Crippen LogP contribution in [0.1, 0.15) is 29.5 Å². The van der Waals surface area contributed by atoms with Crippen LogP contribution in [-0.4, -0.2) is 16.8 Å². The van der Waals surface area contributed by atoms with Gasteiger partial charge in [-0.05, 0) is 55.2 Å². The van der Waals surface area contributed by atoms with E-state index in [1.807, 2.05) is 26.0 Å². The summed E-state index contributed by atoms with van der Waals surface area (Å²) in [6.07, 6.45) is 3.19. The lowest BCUT2D eigenvalue weighted by atomic mass is 9.94. The van der Waals surface area contributed by atoms with Crippen molar-refractivity contribution in [1.29, 1.82) is 0 Å². The predicted octanol–water partition coefficient (Wildman–Crippen LogP) is 2.32. The average molecular weight is 206 g/mol. The summed E-state index contributed by atoms with van der Waals surface area (Å²) in [6.45, 7) is 4.13. The van der Waals surface area contributed by atoms with Crippen molar-refractivity contribution in [3.63, 3.8) is 0 Å². The Hall–Kier alpha value is -1.02. The van der Waals surface area contributed by atoms with Gasteiger partial charge in [0.2, 0.25) is 0 Å². The van der Waals surface area contributed by atoms with E-state index in [0.717, 1.165) is 30.4 Å². The fourth-order valence-electron chi connectivity index (χ4n) is 2.15. The summed E-state index contributed by atoms with van der Waals surface area (Å²) in [5, 5.41) is 18.9. The van der Waals surface area contributed by atoms with Crippen molar-refractivity contribution in [1.82, 2.24) is 0 Å². The molecule has 0 unspecified atom stereocenters. The van der Waals surface area contributed by atoms with Crippen LogP contribution in [0.2, 0.25) is 0 Å². The number of aryl methyl sites for hydroxylation is 2. The van der Waals surface area contributed by atoms with E-state index in [2.05, 4.69) is 0 Å². The Balaban J connectivity index is 2.23. The van der Waals surface area contributed by atoms with Gasteiger partial charge in [-0.25, -0.2) is 0 Å². The molecule has 0 aliphatic heterocycles. The molecule has 2 rings (SSSR count). The predicted molar refractivity (Wildman–Crippen MR) is 60.0 cm³/mol. The molecule has 0 aromatic heterocycles. The number of benzene rings is 1. The molecular formula is C13H18O2. The fourth-order valence-corrected chi connectivity index (χ4v) is 2.15. The molecule has 0 amide bonds. The zero-order chi connectivity index (χ0) is 11.1. The molecule has 1 fully saturated rings. The van der Waals surface area contributed by atoms with Gasteiger partial charge in [0.15, 0.2) is 0 Å². The first-order valence-electron chi connectivity index (χ1n) is 5.46. The van der Waals surface area contributed by atoms with Crippen molar-refractivity contribution in [3.8, 4) is 5.75 Å². The van der Waals surface area contributed by atoms with E-state index in [0.29, 0.717) is 5.75 Å². The SMILES string of the molecule is Cc1cc(CC2(CO)CC2)cc(C)c1O. The highest BCUT2D eigenvalue weighted by Gasteiger charge is 2.41. The summed E-state index contributed by atoms with van der Waals surface area (Å²) in [5.41, 5.74) is 3.24. The van der Waals surface area contributed by atoms with Crippen molar-refractivity contribution in [2.75, 3.05) is 6.61 Å². The molecule has 0 heterocycles. The van der Waals surface area contributed by atoms with Crippen LogP contribution in [-0.2, 0) is 6.42 Å². The summed E-state index contributed by atoms with van der Waals surface area (Å²) >= 11 is 0. The molecule has 2 nitrogen and oxygen atoms in total. The average Bonchev–Trinajstić information content (AvgIpc) is 2.95. The summed E-state index contributed by atoms with van der Waals surface area (Å²) in [7, 11) is 0. The lowest BCUT2D eigenvalue weighted by molar-refractivity contribution is 0.211. The molecular weight excluding hydrogens is 188 g/mol. The Morgan fingerprint density at radius 2 is 1.73 bits per heavy atom. The zero-order valence-corrected chi connectivity index (χ0v) is 9.38. The van der Waals surface area contributed by atoms with Crippen LogP contribution in [0.25, 0.3) is 0 Å². The Morgan fingerprint density at radius 1 is 1.20 bits per heavy atom. The second kappa shape index (κ2) is 3.53. The number of aliphatic hydroxyl groups is 1. The summed E-state index contributed by atoms with van der Waals surface area (Å²) in [5.74, 6) is 0.396. The lowest BCUT2D eigenvalue weighted by Gasteiger charge is -2.13. The second-order valence-electron chi connectivity index (χ2n) is 4.91. The van der Waals surface area contributed by atoms with Gasteiger partial charge in [0, 0.05) is 6.61 Å². The standard InChI is InChI=1S/C13H18O2/c1-9-5-11(6-10(2)12(9)15)7-13(8-14)3-4-13/h5-6,14-15H,3-4,7-8H2,1-2H3. The highest BCUT2D eigenvalue weighted by Crippen LogP contribution is 2.48. The number of hydrogen-bond acceptors (Lipinski definition) is 2. The number of phenolic OH excluding ortho intramolecular Hbond substituents is 1. The number of hydrogen-bond donors (Lipinski definition) is 2. The molecule has 1 aliphatic rings. The third kappa shape index (κ3) is 2.00. The maximum Gasteiger partial charge on any atom is 0.121 e. The quantitative estimate of drug-likeness (QED) is 0.796. The fraction of sp³-hybridized carbons (Fsp3) is 0.538. The normalized spacial score (nSPS) is 17.8. The minimum absolute atomic E-state index is 0.149. The summed E-state index contributed by atoms with van der Waals surface area (Å²) in [4.78, 5) is 0. The first-order valence-corrected chi connectivity index (χ1v) is 5.46. The van der Waals surface area contributed by atoms with Crippen LogP contribution in [0.15, 0.2) is 12.1 Å². The summed E-state index contributed by atoms with van der Waals surface area (Å²) < 4.78 is 0. The Bertz CT molecular complexity index is 355. The molecule has 0 bridgehead atoms. The molecule has 2 N–H and O–H groups in total. The van der Waals surface area contributed by atoms with Gasteiger partial charge in [-0.15, -0.1) is 0 Å². The van der Waals surface area contributed by atoms with E-state index >= 15 is 0 Å². The monoisotopic (exact) mass is 206 g/mol. The van der Waals surface area contributed by atoms with Gasteiger partial charge in [-0.1, -0.05) is 12.1 Å². The molecule has 1 aromatic carbocycles. The van der Waals surface area contributed by atoms with E-state index in [4.69, 9.17) is 0 Å². The van der Waals surface area contributed by atoms with Gasteiger partial charge in [-0.2, -0.15) is 0 Å². The molecule has 1 aliphatic carbocycles. The van der Waals surface area contributed by atoms with Crippen LogP contribution >= 0.6 is 0 Å². The maximum atomic E-state index is 9.65. The van der Waals surface area contributed by atoms with E-state index in [1.165, 1.54) is 5.56 Å². The first-order chi connectivity index (χ1) is 7.06. The molecule has 0 saturated heterocycles. The largest absolute Gasteiger partial charge is 0.507 e. The topological polar surface area (TPSA) is 40.5 Å². The van der Waals surface area contributed by atoms with Crippen molar-refractivity contribution in [3.05, 3.63) is 28.8 Å². The highest BCUT2D eigenvalue weighted by atomic mass is 16.3. The maximum absolute atomic E-state index is 9.65. The third-order valence-electron chi connectivity index (χ3n) is 3.42. The van der Waals surface area contributed by atoms with Crippen molar-refractivity contribution >= 4 is 0 Å². The molecule has 82 valence electrons. The van der Waals surface area contributed by atoms with E-state index in [-0.39, 0.29) is 12.0 Å². The highest BCUT2D eigenvalue weighted by molar-refractivity contribution is 5.42. The van der Waals surface area contributed by atoms with E-state index < -0.39 is 0 Å². The molecule has 1 aromatic rings. The molecule has 15 heavy (non-hydrogen) atoms. The van der Waals surface area contributed by atoms with Gasteiger partial charge < -0.3 is 10.2 Å². The van der Waals surface area contributed by atoms with Crippen LogP contribution in [0, 0.1) is 19.3 Å². The number of aliphatic hydroxyl groups excluding tert-OH is 1. The van der Waals surface area contributed by atoms with Crippen LogP contribution in [0.4, 0.5) is 0 Å². The summed E-state index contributed by atoms with van der Waals surface area (Å²) in [6, 6.07) is 4.05. The first kappa shape index (κ1) is 10.5. The second-order valence-corrected chi connectivity index (χ2v) is 4.91. The van der Waals surface area contributed by atoms with Gasteiger partial charge in [-0.3, -0.25) is 0 Å². The lowest BCUT2D eigenvalue weighted by Crippen LogP contribution is -2.10. The van der Waals surface area contributed by atoms with E-state index in [1.54, 1.807) is 0 Å². The molecule has 0 radical (unpaired) electrons. The van der Waals surface area contributed by atoms with Crippen LogP contribution < -0.4 is 0 Å². The van der Waals surface area contributed by atoms with Crippen molar-refractivity contribution in [2.24, 2.45) is 5.41 Å². The minimum Gasteiger partial charge on any atom is -0.507 e. The number of aromatic hydroxyl groups is 1.